The van der Waals surface area contributed by atoms with Gasteiger partial charge in [0, 0.05) is 24.7 Å². The highest BCUT2D eigenvalue weighted by molar-refractivity contribution is 4.94. The summed E-state index contributed by atoms with van der Waals surface area (Å²) in [6.07, 6.45) is 9.75. The van der Waals surface area contributed by atoms with E-state index in [9.17, 15) is 0 Å². The number of hydrogen-bond acceptors (Lipinski definition) is 3. The van der Waals surface area contributed by atoms with Gasteiger partial charge in [0.25, 0.3) is 0 Å². The third kappa shape index (κ3) is 4.43. The maximum absolute atomic E-state index is 3.92. The van der Waals surface area contributed by atoms with Gasteiger partial charge in [-0.25, -0.2) is 0 Å². The lowest BCUT2D eigenvalue weighted by Crippen LogP contribution is -2.55. The third-order valence-electron chi connectivity index (χ3n) is 6.18. The zero-order valence-electron chi connectivity index (χ0n) is 14.8. The molecule has 124 valence electrons. The quantitative estimate of drug-likeness (QED) is 0.813. The van der Waals surface area contributed by atoms with E-state index >= 15 is 0 Å². The largest absolute Gasteiger partial charge is 0.312 e. The minimum atomic E-state index is 0.408. The van der Waals surface area contributed by atoms with Crippen LogP contribution in [0.5, 0.6) is 0 Å². The molecule has 0 aromatic heterocycles. The summed E-state index contributed by atoms with van der Waals surface area (Å²) in [5.41, 5.74) is 0.408. The Morgan fingerprint density at radius 3 is 2.52 bits per heavy atom. The highest BCUT2D eigenvalue weighted by atomic mass is 15.2. The van der Waals surface area contributed by atoms with Crippen molar-refractivity contribution in [2.75, 3.05) is 40.3 Å². The fourth-order valence-corrected chi connectivity index (χ4v) is 4.30. The molecule has 0 aromatic carbocycles. The first-order valence-corrected chi connectivity index (χ1v) is 9.20. The number of hydrogen-bond donors (Lipinski definition) is 1. The van der Waals surface area contributed by atoms with E-state index in [1.54, 1.807) is 0 Å². The van der Waals surface area contributed by atoms with Gasteiger partial charge in [-0.05, 0) is 65.7 Å². The summed E-state index contributed by atoms with van der Waals surface area (Å²) in [6.45, 7) is 9.69. The first kappa shape index (κ1) is 17.2. The van der Waals surface area contributed by atoms with Gasteiger partial charge >= 0.3 is 0 Å². The van der Waals surface area contributed by atoms with E-state index < -0.39 is 0 Å². The summed E-state index contributed by atoms with van der Waals surface area (Å²) in [7, 11) is 4.55. The maximum atomic E-state index is 3.92. The van der Waals surface area contributed by atoms with Gasteiger partial charge in [0.2, 0.25) is 0 Å². The number of likely N-dealkylation sites (N-methyl/N-ethyl adjacent to an activating group) is 1. The molecule has 1 saturated carbocycles. The van der Waals surface area contributed by atoms with Crippen LogP contribution in [0.4, 0.5) is 0 Å². The molecule has 3 nitrogen and oxygen atoms in total. The van der Waals surface area contributed by atoms with Gasteiger partial charge < -0.3 is 15.1 Å². The van der Waals surface area contributed by atoms with Crippen LogP contribution < -0.4 is 5.32 Å². The molecular formula is C18H37N3. The van der Waals surface area contributed by atoms with Gasteiger partial charge in [-0.3, -0.25) is 0 Å². The molecule has 3 heteroatoms. The normalized spacial score (nSPS) is 28.7. The van der Waals surface area contributed by atoms with Gasteiger partial charge in [0.1, 0.15) is 0 Å². The number of rotatable bonds is 6. The monoisotopic (exact) mass is 295 g/mol. The molecule has 2 fully saturated rings. The number of piperidine rings is 1. The SMILES string of the molecule is CCN1CCCC(C(C)NCC2(N(C)C)CCCCC2)C1. The minimum Gasteiger partial charge on any atom is -0.312 e. The second-order valence-corrected chi connectivity index (χ2v) is 7.64. The average molecular weight is 296 g/mol. The molecule has 1 N–H and O–H groups in total. The molecule has 0 bridgehead atoms. The van der Waals surface area contributed by atoms with E-state index in [2.05, 4.69) is 43.1 Å². The van der Waals surface area contributed by atoms with E-state index in [-0.39, 0.29) is 0 Å². The molecule has 2 aliphatic rings. The lowest BCUT2D eigenvalue weighted by molar-refractivity contribution is 0.0865. The number of nitrogens with one attached hydrogen (secondary N) is 1. The Morgan fingerprint density at radius 2 is 1.90 bits per heavy atom. The second-order valence-electron chi connectivity index (χ2n) is 7.64. The Morgan fingerprint density at radius 1 is 1.19 bits per heavy atom. The van der Waals surface area contributed by atoms with E-state index in [4.69, 9.17) is 0 Å². The van der Waals surface area contributed by atoms with Crippen LogP contribution in [0, 0.1) is 5.92 Å². The van der Waals surface area contributed by atoms with E-state index in [0.29, 0.717) is 11.6 Å². The Labute approximate surface area is 132 Å². The minimum absolute atomic E-state index is 0.408. The van der Waals surface area contributed by atoms with Crippen molar-refractivity contribution in [1.82, 2.24) is 15.1 Å². The summed E-state index contributed by atoms with van der Waals surface area (Å²) >= 11 is 0. The molecule has 0 radical (unpaired) electrons. The molecule has 2 unspecified atom stereocenters. The molecule has 1 saturated heterocycles. The first-order chi connectivity index (χ1) is 10.1. The Hall–Kier alpha value is -0.120. The smallest absolute Gasteiger partial charge is 0.0327 e. The predicted molar refractivity (Wildman–Crippen MR) is 91.8 cm³/mol. The van der Waals surface area contributed by atoms with E-state index in [1.807, 2.05) is 0 Å². The van der Waals surface area contributed by atoms with Crippen LogP contribution in [-0.2, 0) is 0 Å². The van der Waals surface area contributed by atoms with Gasteiger partial charge in [-0.1, -0.05) is 26.2 Å². The van der Waals surface area contributed by atoms with Crippen LogP contribution in [0.2, 0.25) is 0 Å². The molecule has 0 spiro atoms. The molecule has 1 aliphatic heterocycles. The van der Waals surface area contributed by atoms with Crippen molar-refractivity contribution in [3.8, 4) is 0 Å². The molecule has 0 amide bonds. The molecule has 2 rings (SSSR count). The fraction of sp³-hybridized carbons (Fsp3) is 1.00. The van der Waals surface area contributed by atoms with Crippen LogP contribution in [0.1, 0.15) is 58.8 Å². The van der Waals surface area contributed by atoms with Gasteiger partial charge in [0.05, 0.1) is 0 Å². The van der Waals surface area contributed by atoms with Crippen molar-refractivity contribution < 1.29 is 0 Å². The maximum Gasteiger partial charge on any atom is 0.0327 e. The summed E-state index contributed by atoms with van der Waals surface area (Å²) in [4.78, 5) is 5.11. The van der Waals surface area contributed by atoms with Gasteiger partial charge in [0.15, 0.2) is 0 Å². The molecule has 1 heterocycles. The lowest BCUT2D eigenvalue weighted by Gasteiger charge is -2.45. The lowest BCUT2D eigenvalue weighted by atomic mass is 9.80. The topological polar surface area (TPSA) is 18.5 Å². The van der Waals surface area contributed by atoms with Crippen LogP contribution in [0.15, 0.2) is 0 Å². The van der Waals surface area contributed by atoms with Crippen LogP contribution >= 0.6 is 0 Å². The average Bonchev–Trinajstić information content (AvgIpc) is 2.53. The number of nitrogens with zero attached hydrogens (tertiary/aromatic N) is 2. The zero-order valence-corrected chi connectivity index (χ0v) is 14.8. The Balaban J connectivity index is 1.85. The summed E-state index contributed by atoms with van der Waals surface area (Å²) in [5, 5.41) is 3.92. The molecule has 21 heavy (non-hydrogen) atoms. The Bertz CT molecular complexity index is 297. The first-order valence-electron chi connectivity index (χ1n) is 9.20. The number of likely N-dealkylation sites (tertiary alicyclic amines) is 1. The van der Waals surface area contributed by atoms with Crippen LogP contribution in [-0.4, -0.2) is 61.7 Å². The van der Waals surface area contributed by atoms with Crippen molar-refractivity contribution in [3.05, 3.63) is 0 Å². The molecule has 2 atom stereocenters. The third-order valence-corrected chi connectivity index (χ3v) is 6.18. The van der Waals surface area contributed by atoms with Crippen LogP contribution in [0.25, 0.3) is 0 Å². The van der Waals surface area contributed by atoms with Crippen molar-refractivity contribution in [2.45, 2.75) is 70.4 Å². The van der Waals surface area contributed by atoms with Crippen molar-refractivity contribution in [1.29, 1.82) is 0 Å². The predicted octanol–water partition coefficient (Wildman–Crippen LogP) is 2.96. The summed E-state index contributed by atoms with van der Waals surface area (Å²) in [6, 6.07) is 0.651. The second kappa shape index (κ2) is 7.94. The van der Waals surface area contributed by atoms with Crippen LogP contribution in [0.3, 0.4) is 0 Å². The van der Waals surface area contributed by atoms with Gasteiger partial charge in [-0.15, -0.1) is 0 Å². The fourth-order valence-electron chi connectivity index (χ4n) is 4.30. The standard InChI is InChI=1S/C18H37N3/c1-5-21-13-9-10-17(14-21)16(2)19-15-18(20(3)4)11-7-6-8-12-18/h16-17,19H,5-15H2,1-4H3. The zero-order chi connectivity index (χ0) is 15.3. The van der Waals surface area contributed by atoms with Crippen molar-refractivity contribution in [2.24, 2.45) is 5.92 Å². The Kier molecular flexibility index (Phi) is 6.51. The van der Waals surface area contributed by atoms with Crippen molar-refractivity contribution in [3.63, 3.8) is 0 Å². The molecule has 0 aromatic rings. The van der Waals surface area contributed by atoms with Gasteiger partial charge in [-0.2, -0.15) is 0 Å². The molecular weight excluding hydrogens is 258 g/mol. The highest BCUT2D eigenvalue weighted by Crippen LogP contribution is 2.32. The van der Waals surface area contributed by atoms with E-state index in [0.717, 1.165) is 5.92 Å². The molecule has 1 aliphatic carbocycles. The van der Waals surface area contributed by atoms with Crippen molar-refractivity contribution >= 4 is 0 Å². The van der Waals surface area contributed by atoms with E-state index in [1.165, 1.54) is 71.1 Å². The summed E-state index contributed by atoms with van der Waals surface area (Å²) < 4.78 is 0. The highest BCUT2D eigenvalue weighted by Gasteiger charge is 2.35. The summed E-state index contributed by atoms with van der Waals surface area (Å²) in [5.74, 6) is 0.835.